The van der Waals surface area contributed by atoms with Crippen molar-refractivity contribution in [1.82, 2.24) is 0 Å². The van der Waals surface area contributed by atoms with Gasteiger partial charge in [0, 0.05) is 0 Å². The Labute approximate surface area is 122 Å². The summed E-state index contributed by atoms with van der Waals surface area (Å²) in [7, 11) is 0. The number of unbranched alkanes of at least 4 members (excludes halogenated alkanes) is 10. The van der Waals surface area contributed by atoms with Crippen molar-refractivity contribution in [2.45, 2.75) is 97.3 Å². The van der Waals surface area contributed by atoms with E-state index in [9.17, 15) is 0 Å². The van der Waals surface area contributed by atoms with Gasteiger partial charge in [0.25, 0.3) is 0 Å². The summed E-state index contributed by atoms with van der Waals surface area (Å²) < 4.78 is 0. The average Bonchev–Trinajstić information content (AvgIpc) is 2.43. The van der Waals surface area contributed by atoms with Crippen LogP contribution in [0.2, 0.25) is 0 Å². The van der Waals surface area contributed by atoms with Gasteiger partial charge in [-0.3, -0.25) is 0 Å². The minimum atomic E-state index is 1.22. The van der Waals surface area contributed by atoms with E-state index in [0.29, 0.717) is 0 Å². The second kappa shape index (κ2) is 17.5. The Balaban J connectivity index is 3.12. The molecule has 19 heavy (non-hydrogen) atoms. The maximum atomic E-state index is 2.38. The molecule has 0 aromatic carbocycles. The van der Waals surface area contributed by atoms with Crippen molar-refractivity contribution in [3.05, 3.63) is 24.3 Å². The third-order valence-corrected chi connectivity index (χ3v) is 3.53. The maximum absolute atomic E-state index is 2.38. The molecule has 0 spiro atoms. The number of rotatable bonds is 14. The lowest BCUT2D eigenvalue weighted by Crippen LogP contribution is -1.77. The molecule has 0 saturated heterocycles. The number of hydrogen-bond donors (Lipinski definition) is 0. The summed E-state index contributed by atoms with van der Waals surface area (Å²) in [6, 6.07) is 0. The summed E-state index contributed by atoms with van der Waals surface area (Å²) in [6.07, 6.45) is 27.0. The van der Waals surface area contributed by atoms with E-state index < -0.39 is 0 Å². The van der Waals surface area contributed by atoms with Crippen molar-refractivity contribution < 1.29 is 0 Å². The molecule has 0 radical (unpaired) electrons. The van der Waals surface area contributed by atoms with E-state index in [2.05, 4.69) is 38.2 Å². The fourth-order valence-electron chi connectivity index (χ4n) is 2.22. The molecule has 0 heteroatoms. The first-order chi connectivity index (χ1) is 9.41. The van der Waals surface area contributed by atoms with E-state index >= 15 is 0 Å². The van der Waals surface area contributed by atoms with Crippen LogP contribution in [-0.2, 0) is 0 Å². The standard InChI is InChI=1S/C19H36/c1-3-5-7-9-11-13-15-17-19-18-16-14-12-10-8-6-4-2/h11,13,18-19H,3-10,12,14-17H2,1-2H3. The van der Waals surface area contributed by atoms with Gasteiger partial charge in [-0.05, 0) is 38.5 Å². The predicted molar refractivity (Wildman–Crippen MR) is 89.6 cm³/mol. The van der Waals surface area contributed by atoms with E-state index in [1.807, 2.05) is 0 Å². The van der Waals surface area contributed by atoms with Crippen LogP contribution in [0.5, 0.6) is 0 Å². The normalized spacial score (nSPS) is 11.9. The minimum Gasteiger partial charge on any atom is -0.0885 e. The van der Waals surface area contributed by atoms with Gasteiger partial charge in [0.1, 0.15) is 0 Å². The molecule has 0 unspecified atom stereocenters. The SMILES string of the molecule is CCCCCC=CCCC=CCCCCCCCC. The lowest BCUT2D eigenvalue weighted by molar-refractivity contribution is 0.611. The summed E-state index contributed by atoms with van der Waals surface area (Å²) in [5.74, 6) is 0. The topological polar surface area (TPSA) is 0 Å². The highest BCUT2D eigenvalue weighted by Gasteiger charge is 1.88. The van der Waals surface area contributed by atoms with Gasteiger partial charge in [0.15, 0.2) is 0 Å². The first-order valence-corrected chi connectivity index (χ1v) is 8.71. The van der Waals surface area contributed by atoms with Gasteiger partial charge >= 0.3 is 0 Å². The maximum Gasteiger partial charge on any atom is -0.0316 e. The summed E-state index contributed by atoms with van der Waals surface area (Å²) in [4.78, 5) is 0. The van der Waals surface area contributed by atoms with Crippen molar-refractivity contribution >= 4 is 0 Å². The predicted octanol–water partition coefficient (Wildman–Crippen LogP) is 7.21. The highest BCUT2D eigenvalue weighted by molar-refractivity contribution is 4.88. The van der Waals surface area contributed by atoms with E-state index in [1.54, 1.807) is 0 Å². The zero-order valence-electron chi connectivity index (χ0n) is 13.5. The van der Waals surface area contributed by atoms with Crippen LogP contribution >= 0.6 is 0 Å². The van der Waals surface area contributed by atoms with Crippen molar-refractivity contribution in [1.29, 1.82) is 0 Å². The van der Waals surface area contributed by atoms with E-state index in [1.165, 1.54) is 83.5 Å². The molecule has 0 N–H and O–H groups in total. The van der Waals surface area contributed by atoms with Gasteiger partial charge in [-0.15, -0.1) is 0 Å². The van der Waals surface area contributed by atoms with Crippen molar-refractivity contribution in [3.63, 3.8) is 0 Å². The van der Waals surface area contributed by atoms with Crippen LogP contribution in [0.3, 0.4) is 0 Å². The Hall–Kier alpha value is -0.520. The Bertz CT molecular complexity index is 200. The van der Waals surface area contributed by atoms with Gasteiger partial charge < -0.3 is 0 Å². The molecule has 0 atom stereocenters. The van der Waals surface area contributed by atoms with Crippen LogP contribution in [0.15, 0.2) is 24.3 Å². The van der Waals surface area contributed by atoms with Crippen LogP contribution < -0.4 is 0 Å². The Kier molecular flexibility index (Phi) is 17.0. The van der Waals surface area contributed by atoms with Crippen LogP contribution in [0.4, 0.5) is 0 Å². The molecule has 0 nitrogen and oxygen atoms in total. The van der Waals surface area contributed by atoms with Crippen LogP contribution in [0.25, 0.3) is 0 Å². The smallest absolute Gasteiger partial charge is 0.0316 e. The summed E-state index contributed by atoms with van der Waals surface area (Å²) in [6.45, 7) is 4.54. The summed E-state index contributed by atoms with van der Waals surface area (Å²) in [5.41, 5.74) is 0. The molecule has 0 rings (SSSR count). The van der Waals surface area contributed by atoms with Gasteiger partial charge in [-0.1, -0.05) is 83.1 Å². The zero-order chi connectivity index (χ0) is 14.0. The third kappa shape index (κ3) is 17.5. The van der Waals surface area contributed by atoms with E-state index in [0.717, 1.165) is 0 Å². The monoisotopic (exact) mass is 264 g/mol. The second-order valence-electron chi connectivity index (χ2n) is 5.57. The van der Waals surface area contributed by atoms with Gasteiger partial charge in [0.05, 0.1) is 0 Å². The van der Waals surface area contributed by atoms with Gasteiger partial charge in [-0.2, -0.15) is 0 Å². The van der Waals surface area contributed by atoms with E-state index in [4.69, 9.17) is 0 Å². The first kappa shape index (κ1) is 18.5. The number of allylic oxidation sites excluding steroid dienone is 4. The molecule has 0 heterocycles. The zero-order valence-corrected chi connectivity index (χ0v) is 13.5. The quantitative estimate of drug-likeness (QED) is 0.230. The second-order valence-corrected chi connectivity index (χ2v) is 5.57. The molecule has 0 aliphatic rings. The van der Waals surface area contributed by atoms with Crippen molar-refractivity contribution in [2.24, 2.45) is 0 Å². The molecule has 0 aliphatic carbocycles. The molecule has 0 amide bonds. The van der Waals surface area contributed by atoms with Crippen LogP contribution in [0.1, 0.15) is 97.3 Å². The molecule has 0 fully saturated rings. The first-order valence-electron chi connectivity index (χ1n) is 8.71. The lowest BCUT2D eigenvalue weighted by Gasteiger charge is -1.97. The summed E-state index contributed by atoms with van der Waals surface area (Å²) in [5, 5.41) is 0. The van der Waals surface area contributed by atoms with Gasteiger partial charge in [0.2, 0.25) is 0 Å². The molecule has 0 aromatic rings. The molecule has 0 aliphatic heterocycles. The molecule has 0 aromatic heterocycles. The third-order valence-electron chi connectivity index (χ3n) is 3.53. The fourth-order valence-corrected chi connectivity index (χ4v) is 2.22. The number of hydrogen-bond acceptors (Lipinski definition) is 0. The molecule has 112 valence electrons. The largest absolute Gasteiger partial charge is 0.0885 e. The highest BCUT2D eigenvalue weighted by atomic mass is 13.9. The Morgan fingerprint density at radius 2 is 0.789 bits per heavy atom. The van der Waals surface area contributed by atoms with Crippen molar-refractivity contribution in [3.8, 4) is 0 Å². The fraction of sp³-hybridized carbons (Fsp3) is 0.789. The molecule has 0 saturated carbocycles. The van der Waals surface area contributed by atoms with Gasteiger partial charge in [-0.25, -0.2) is 0 Å². The molecular weight excluding hydrogens is 228 g/mol. The molecular formula is C19H36. The van der Waals surface area contributed by atoms with E-state index in [-0.39, 0.29) is 0 Å². The average molecular weight is 264 g/mol. The highest BCUT2D eigenvalue weighted by Crippen LogP contribution is 2.07. The Morgan fingerprint density at radius 3 is 1.37 bits per heavy atom. The van der Waals surface area contributed by atoms with Crippen LogP contribution in [-0.4, -0.2) is 0 Å². The van der Waals surface area contributed by atoms with Crippen LogP contribution in [0, 0.1) is 0 Å². The summed E-state index contributed by atoms with van der Waals surface area (Å²) >= 11 is 0. The minimum absolute atomic E-state index is 1.22. The lowest BCUT2D eigenvalue weighted by atomic mass is 10.1. The van der Waals surface area contributed by atoms with Crippen molar-refractivity contribution in [2.75, 3.05) is 0 Å². The molecule has 0 bridgehead atoms. The Morgan fingerprint density at radius 1 is 0.421 bits per heavy atom.